The summed E-state index contributed by atoms with van der Waals surface area (Å²) >= 11 is 0. The highest BCUT2D eigenvalue weighted by atomic mass is 15.4. The zero-order valence-electron chi connectivity index (χ0n) is 13.9. The van der Waals surface area contributed by atoms with Crippen LogP contribution < -0.4 is 0 Å². The Morgan fingerprint density at radius 3 is 2.31 bits per heavy atom. The number of nitrogens with zero attached hydrogens (tertiary/aromatic N) is 5. The van der Waals surface area contributed by atoms with E-state index < -0.39 is 0 Å². The van der Waals surface area contributed by atoms with Crippen molar-refractivity contribution in [3.05, 3.63) is 91.4 Å². The molecule has 0 atom stereocenters. The number of para-hydroxylation sites is 4. The number of imidazole rings is 1. The average molecular weight is 337 g/mol. The van der Waals surface area contributed by atoms with E-state index in [4.69, 9.17) is 0 Å². The molecule has 5 nitrogen and oxygen atoms in total. The number of aromatic nitrogens is 5. The lowest BCUT2D eigenvalue weighted by atomic mass is 10.2. The molecule has 5 aromatic rings. The van der Waals surface area contributed by atoms with E-state index in [1.807, 2.05) is 83.9 Å². The standard InChI is InChI=1S/C21H15N5/c1-2-8-16(9-3-1)18-14-26(24-23-18)21-13-7-6-12-20(21)25-15-22-17-10-4-5-11-19(17)25/h1-15H. The van der Waals surface area contributed by atoms with Gasteiger partial charge in [0.15, 0.2) is 0 Å². The zero-order valence-corrected chi connectivity index (χ0v) is 13.9. The normalized spacial score (nSPS) is 11.1. The largest absolute Gasteiger partial charge is 0.297 e. The van der Waals surface area contributed by atoms with Crippen LogP contribution in [0.3, 0.4) is 0 Å². The first-order chi connectivity index (χ1) is 12.9. The molecule has 0 radical (unpaired) electrons. The summed E-state index contributed by atoms with van der Waals surface area (Å²) in [4.78, 5) is 4.50. The van der Waals surface area contributed by atoms with Crippen LogP contribution in [0.2, 0.25) is 0 Å². The number of hydrogen-bond acceptors (Lipinski definition) is 3. The third kappa shape index (κ3) is 2.38. The van der Waals surface area contributed by atoms with Gasteiger partial charge in [-0.3, -0.25) is 4.57 Å². The van der Waals surface area contributed by atoms with Gasteiger partial charge in [0.2, 0.25) is 0 Å². The first-order valence-corrected chi connectivity index (χ1v) is 8.40. The second-order valence-corrected chi connectivity index (χ2v) is 6.01. The molecule has 3 aromatic carbocycles. The molecule has 26 heavy (non-hydrogen) atoms. The van der Waals surface area contributed by atoms with Gasteiger partial charge >= 0.3 is 0 Å². The van der Waals surface area contributed by atoms with Gasteiger partial charge in [-0.1, -0.05) is 59.8 Å². The molecule has 0 unspecified atom stereocenters. The van der Waals surface area contributed by atoms with Gasteiger partial charge in [0.05, 0.1) is 28.6 Å². The van der Waals surface area contributed by atoms with Crippen LogP contribution in [0.4, 0.5) is 0 Å². The van der Waals surface area contributed by atoms with Crippen molar-refractivity contribution >= 4 is 11.0 Å². The molecule has 0 aliphatic rings. The van der Waals surface area contributed by atoms with Gasteiger partial charge in [-0.05, 0) is 24.3 Å². The summed E-state index contributed by atoms with van der Waals surface area (Å²) in [6, 6.07) is 26.3. The number of fused-ring (bicyclic) bond motifs is 1. The van der Waals surface area contributed by atoms with Crippen molar-refractivity contribution in [2.24, 2.45) is 0 Å². The monoisotopic (exact) mass is 337 g/mol. The third-order valence-electron chi connectivity index (χ3n) is 4.40. The van der Waals surface area contributed by atoms with Crippen LogP contribution >= 0.6 is 0 Å². The maximum Gasteiger partial charge on any atom is 0.113 e. The minimum absolute atomic E-state index is 0.843. The number of benzene rings is 3. The molecule has 5 heteroatoms. The molecule has 124 valence electrons. The fourth-order valence-electron chi connectivity index (χ4n) is 3.14. The molecule has 2 heterocycles. The lowest BCUT2D eigenvalue weighted by molar-refractivity contribution is 0.797. The molecule has 0 saturated carbocycles. The summed E-state index contributed by atoms with van der Waals surface area (Å²) in [5.41, 5.74) is 5.87. The highest BCUT2D eigenvalue weighted by Crippen LogP contribution is 2.24. The van der Waals surface area contributed by atoms with Gasteiger partial charge in [-0.15, -0.1) is 5.10 Å². The molecule has 2 aromatic heterocycles. The van der Waals surface area contributed by atoms with Gasteiger partial charge < -0.3 is 0 Å². The Balaban J connectivity index is 1.65. The molecule has 0 bridgehead atoms. The molecule has 0 aliphatic heterocycles. The van der Waals surface area contributed by atoms with E-state index in [0.717, 1.165) is 33.7 Å². The topological polar surface area (TPSA) is 48.5 Å². The van der Waals surface area contributed by atoms with Crippen LogP contribution in [0.25, 0.3) is 33.7 Å². The van der Waals surface area contributed by atoms with E-state index in [0.29, 0.717) is 0 Å². The molecule has 0 fully saturated rings. The van der Waals surface area contributed by atoms with E-state index >= 15 is 0 Å². The predicted molar refractivity (Wildman–Crippen MR) is 101 cm³/mol. The van der Waals surface area contributed by atoms with Crippen LogP contribution in [0.1, 0.15) is 0 Å². The van der Waals surface area contributed by atoms with Gasteiger partial charge in [-0.2, -0.15) is 0 Å². The molecule has 0 amide bonds. The summed E-state index contributed by atoms with van der Waals surface area (Å²) in [5.74, 6) is 0. The maximum absolute atomic E-state index is 4.50. The van der Waals surface area contributed by atoms with E-state index in [-0.39, 0.29) is 0 Å². The molecule has 5 rings (SSSR count). The van der Waals surface area contributed by atoms with Crippen LogP contribution in [-0.2, 0) is 0 Å². The van der Waals surface area contributed by atoms with E-state index in [2.05, 4.69) is 32.0 Å². The SMILES string of the molecule is c1ccc(-c2cn(-c3ccccc3-n3cnc4ccccc43)nn2)cc1. The zero-order chi connectivity index (χ0) is 17.3. The Morgan fingerprint density at radius 2 is 1.42 bits per heavy atom. The van der Waals surface area contributed by atoms with Gasteiger partial charge in [0.25, 0.3) is 0 Å². The van der Waals surface area contributed by atoms with Crippen molar-refractivity contribution in [3.8, 4) is 22.6 Å². The van der Waals surface area contributed by atoms with Crippen molar-refractivity contribution in [2.75, 3.05) is 0 Å². The highest BCUT2D eigenvalue weighted by molar-refractivity contribution is 5.78. The van der Waals surface area contributed by atoms with Gasteiger partial charge in [-0.25, -0.2) is 9.67 Å². The predicted octanol–water partition coefficient (Wildman–Crippen LogP) is 4.27. The van der Waals surface area contributed by atoms with E-state index in [1.54, 1.807) is 0 Å². The van der Waals surface area contributed by atoms with Crippen molar-refractivity contribution < 1.29 is 0 Å². The first kappa shape index (κ1) is 14.6. The van der Waals surface area contributed by atoms with Crippen molar-refractivity contribution in [2.45, 2.75) is 0 Å². The minimum atomic E-state index is 0.843. The second-order valence-electron chi connectivity index (χ2n) is 6.01. The summed E-state index contributed by atoms with van der Waals surface area (Å²) < 4.78 is 3.89. The summed E-state index contributed by atoms with van der Waals surface area (Å²) in [7, 11) is 0. The molecule has 0 aliphatic carbocycles. The summed E-state index contributed by atoms with van der Waals surface area (Å²) in [6.45, 7) is 0. The Morgan fingerprint density at radius 1 is 0.692 bits per heavy atom. The summed E-state index contributed by atoms with van der Waals surface area (Å²) in [6.07, 6.45) is 3.80. The molecule has 0 N–H and O–H groups in total. The van der Waals surface area contributed by atoms with Crippen LogP contribution in [0.5, 0.6) is 0 Å². The average Bonchev–Trinajstić information content (AvgIpc) is 3.36. The van der Waals surface area contributed by atoms with Crippen molar-refractivity contribution in [3.63, 3.8) is 0 Å². The lowest BCUT2D eigenvalue weighted by Gasteiger charge is -2.10. The molecular formula is C21H15N5. The highest BCUT2D eigenvalue weighted by Gasteiger charge is 2.12. The van der Waals surface area contributed by atoms with E-state index in [1.165, 1.54) is 0 Å². The summed E-state index contributed by atoms with van der Waals surface area (Å²) in [5, 5.41) is 8.68. The number of rotatable bonds is 3. The Hall–Kier alpha value is -3.73. The van der Waals surface area contributed by atoms with Gasteiger partial charge in [0.1, 0.15) is 12.0 Å². The number of hydrogen-bond donors (Lipinski definition) is 0. The van der Waals surface area contributed by atoms with Crippen molar-refractivity contribution in [1.29, 1.82) is 0 Å². The van der Waals surface area contributed by atoms with E-state index in [9.17, 15) is 0 Å². The third-order valence-corrected chi connectivity index (χ3v) is 4.40. The second kappa shape index (κ2) is 5.97. The van der Waals surface area contributed by atoms with Crippen LogP contribution in [0.15, 0.2) is 91.4 Å². The van der Waals surface area contributed by atoms with Crippen molar-refractivity contribution in [1.82, 2.24) is 24.5 Å². The minimum Gasteiger partial charge on any atom is -0.297 e. The quantitative estimate of drug-likeness (QED) is 0.494. The lowest BCUT2D eigenvalue weighted by Crippen LogP contribution is -2.02. The Kier molecular flexibility index (Phi) is 3.35. The Bertz CT molecular complexity index is 1190. The molecular weight excluding hydrogens is 322 g/mol. The Labute approximate surface area is 150 Å². The van der Waals surface area contributed by atoms with Crippen LogP contribution in [-0.4, -0.2) is 24.5 Å². The van der Waals surface area contributed by atoms with Crippen LogP contribution in [0, 0.1) is 0 Å². The first-order valence-electron chi connectivity index (χ1n) is 8.40. The molecule has 0 spiro atoms. The molecule has 0 saturated heterocycles. The smallest absolute Gasteiger partial charge is 0.113 e. The fourth-order valence-corrected chi connectivity index (χ4v) is 3.14. The fraction of sp³-hybridized carbons (Fsp3) is 0. The van der Waals surface area contributed by atoms with Gasteiger partial charge in [0, 0.05) is 5.56 Å². The maximum atomic E-state index is 4.50.